The fourth-order valence-corrected chi connectivity index (χ4v) is 9.93. The van der Waals surface area contributed by atoms with Crippen molar-refractivity contribution in [3.8, 4) is 33.4 Å². The Bertz CT molecular complexity index is 3030. The Balaban J connectivity index is 1.07. The van der Waals surface area contributed by atoms with Crippen LogP contribution in [0, 0.1) is 0 Å². The van der Waals surface area contributed by atoms with Crippen molar-refractivity contribution in [1.29, 1.82) is 0 Å². The summed E-state index contributed by atoms with van der Waals surface area (Å²) < 4.78 is 0. The van der Waals surface area contributed by atoms with Crippen LogP contribution in [0.1, 0.15) is 49.9 Å². The van der Waals surface area contributed by atoms with Gasteiger partial charge in [0.25, 0.3) is 0 Å². The molecule has 2 aliphatic rings. The van der Waals surface area contributed by atoms with Crippen LogP contribution in [0.5, 0.6) is 0 Å². The fraction of sp³-hybridized carbons (Fsp3) is 0.111. The predicted molar refractivity (Wildman–Crippen MR) is 234 cm³/mol. The molecule has 0 bridgehead atoms. The van der Waals surface area contributed by atoms with Gasteiger partial charge in [0.05, 0.1) is 0 Å². The minimum Gasteiger partial charge on any atom is -0.310 e. The highest BCUT2D eigenvalue weighted by molar-refractivity contribution is 6.17. The highest BCUT2D eigenvalue weighted by atomic mass is 15.1. The van der Waals surface area contributed by atoms with Gasteiger partial charge in [-0.1, -0.05) is 155 Å². The molecule has 0 N–H and O–H groups in total. The molecule has 55 heavy (non-hydrogen) atoms. The topological polar surface area (TPSA) is 3.24 Å². The van der Waals surface area contributed by atoms with Crippen molar-refractivity contribution in [3.63, 3.8) is 0 Å². The van der Waals surface area contributed by atoms with Gasteiger partial charge in [-0.3, -0.25) is 0 Å². The van der Waals surface area contributed by atoms with Crippen molar-refractivity contribution in [3.05, 3.63) is 198 Å². The molecule has 0 fully saturated rings. The van der Waals surface area contributed by atoms with Crippen LogP contribution in [0.2, 0.25) is 0 Å². The Morgan fingerprint density at radius 3 is 1.65 bits per heavy atom. The molecule has 0 saturated carbocycles. The zero-order valence-electron chi connectivity index (χ0n) is 31.7. The number of rotatable bonds is 4. The first kappa shape index (κ1) is 32.0. The summed E-state index contributed by atoms with van der Waals surface area (Å²) in [6.45, 7) is 9.45. The van der Waals surface area contributed by atoms with Crippen molar-refractivity contribution in [2.45, 2.75) is 38.5 Å². The van der Waals surface area contributed by atoms with E-state index in [2.05, 4.69) is 209 Å². The Morgan fingerprint density at radius 2 is 0.891 bits per heavy atom. The average molecular weight is 704 g/mol. The SMILES string of the molecule is CC1(C)c2ccccc2-c2ccc(-c3ccc(N(c4ccc5ccccc5c4)c4ccc5cc6c7c(cccc7c5c4)C(C)(C)c4ccccc4-6)cc3)cc21. The van der Waals surface area contributed by atoms with Gasteiger partial charge in [0.2, 0.25) is 0 Å². The van der Waals surface area contributed by atoms with E-state index in [9.17, 15) is 0 Å². The third-order valence-electron chi connectivity index (χ3n) is 12.8. The van der Waals surface area contributed by atoms with E-state index in [0.717, 1.165) is 17.1 Å². The van der Waals surface area contributed by atoms with Crippen molar-refractivity contribution in [2.75, 3.05) is 4.90 Å². The molecule has 0 amide bonds. The van der Waals surface area contributed by atoms with Crippen LogP contribution in [0.4, 0.5) is 17.1 Å². The second-order valence-electron chi connectivity index (χ2n) is 16.6. The maximum Gasteiger partial charge on any atom is 0.0468 e. The normalized spacial score (nSPS) is 14.5. The van der Waals surface area contributed by atoms with Gasteiger partial charge < -0.3 is 4.90 Å². The van der Waals surface area contributed by atoms with Crippen LogP contribution in [0.15, 0.2) is 176 Å². The quantitative estimate of drug-likeness (QED) is 0.165. The molecule has 262 valence electrons. The second kappa shape index (κ2) is 11.5. The zero-order chi connectivity index (χ0) is 37.1. The third kappa shape index (κ3) is 4.66. The molecule has 0 heterocycles. The summed E-state index contributed by atoms with van der Waals surface area (Å²) in [5.41, 5.74) is 16.7. The first-order valence-electron chi connectivity index (χ1n) is 19.5. The first-order valence-corrected chi connectivity index (χ1v) is 19.5. The zero-order valence-corrected chi connectivity index (χ0v) is 31.7. The summed E-state index contributed by atoms with van der Waals surface area (Å²) in [7, 11) is 0. The molecular weight excluding hydrogens is 663 g/mol. The Hall–Kier alpha value is -6.44. The van der Waals surface area contributed by atoms with Crippen LogP contribution >= 0.6 is 0 Å². The van der Waals surface area contributed by atoms with Gasteiger partial charge in [-0.15, -0.1) is 0 Å². The molecule has 0 saturated heterocycles. The Labute approximate surface area is 323 Å². The molecule has 0 unspecified atom stereocenters. The Kier molecular flexibility index (Phi) is 6.72. The molecule has 1 heteroatoms. The van der Waals surface area contributed by atoms with Crippen molar-refractivity contribution < 1.29 is 0 Å². The molecule has 2 aliphatic carbocycles. The molecule has 0 radical (unpaired) electrons. The number of fused-ring (bicyclic) bond motifs is 8. The second-order valence-corrected chi connectivity index (χ2v) is 16.6. The highest BCUT2D eigenvalue weighted by Gasteiger charge is 2.36. The maximum atomic E-state index is 2.42. The van der Waals surface area contributed by atoms with Crippen LogP contribution in [-0.2, 0) is 10.8 Å². The van der Waals surface area contributed by atoms with Gasteiger partial charge in [0.1, 0.15) is 0 Å². The van der Waals surface area contributed by atoms with Gasteiger partial charge in [-0.2, -0.15) is 0 Å². The molecule has 1 nitrogen and oxygen atoms in total. The van der Waals surface area contributed by atoms with Crippen LogP contribution in [0.25, 0.3) is 65.7 Å². The Morgan fingerprint density at radius 1 is 0.327 bits per heavy atom. The highest BCUT2D eigenvalue weighted by Crippen LogP contribution is 2.52. The smallest absolute Gasteiger partial charge is 0.0468 e. The lowest BCUT2D eigenvalue weighted by atomic mass is 9.68. The van der Waals surface area contributed by atoms with Gasteiger partial charge >= 0.3 is 0 Å². The largest absolute Gasteiger partial charge is 0.310 e. The van der Waals surface area contributed by atoms with E-state index in [1.807, 2.05) is 0 Å². The van der Waals surface area contributed by atoms with E-state index < -0.39 is 0 Å². The summed E-state index contributed by atoms with van der Waals surface area (Å²) in [5, 5.41) is 7.69. The van der Waals surface area contributed by atoms with E-state index in [0.29, 0.717) is 0 Å². The van der Waals surface area contributed by atoms with Gasteiger partial charge in [-0.05, 0) is 136 Å². The minimum absolute atomic E-state index is 0.0334. The first-order chi connectivity index (χ1) is 26.8. The molecule has 9 aromatic rings. The molecule has 9 aromatic carbocycles. The number of anilines is 3. The van der Waals surface area contributed by atoms with E-state index in [-0.39, 0.29) is 10.8 Å². The number of nitrogens with zero attached hydrogens (tertiary/aromatic N) is 1. The number of benzene rings is 9. The lowest BCUT2D eigenvalue weighted by molar-refractivity contribution is 0.645. The van der Waals surface area contributed by atoms with Gasteiger partial charge in [-0.25, -0.2) is 0 Å². The average Bonchev–Trinajstić information content (AvgIpc) is 3.45. The molecule has 0 aliphatic heterocycles. The van der Waals surface area contributed by atoms with Crippen molar-refractivity contribution >= 4 is 49.4 Å². The van der Waals surface area contributed by atoms with Crippen LogP contribution < -0.4 is 4.90 Å². The monoisotopic (exact) mass is 703 g/mol. The molecule has 11 rings (SSSR count). The van der Waals surface area contributed by atoms with E-state index in [1.54, 1.807) is 0 Å². The number of hydrogen-bond acceptors (Lipinski definition) is 1. The standard InChI is InChI=1S/C54H41N/c1-53(2)49-18-10-8-15-43(49)47-31-38-23-28-41(33-46(38)45-16-11-19-50(53)52(45)47)55(40-27-22-34-12-5-6-13-36(34)30-40)39-25-20-35(21-26-39)37-24-29-44-42-14-7-9-17-48(42)54(3,4)51(44)32-37/h5-33H,1-4H3. The predicted octanol–water partition coefficient (Wildman–Crippen LogP) is 14.9. The van der Waals surface area contributed by atoms with Crippen molar-refractivity contribution in [2.24, 2.45) is 0 Å². The van der Waals surface area contributed by atoms with Crippen LogP contribution in [-0.4, -0.2) is 0 Å². The summed E-state index contributed by atoms with van der Waals surface area (Å²) in [4.78, 5) is 2.42. The summed E-state index contributed by atoms with van der Waals surface area (Å²) in [6.07, 6.45) is 0. The third-order valence-corrected chi connectivity index (χ3v) is 12.8. The summed E-state index contributed by atoms with van der Waals surface area (Å²) >= 11 is 0. The van der Waals surface area contributed by atoms with Crippen molar-refractivity contribution in [1.82, 2.24) is 0 Å². The lowest BCUT2D eigenvalue weighted by Crippen LogP contribution is -2.23. The van der Waals surface area contributed by atoms with E-state index in [1.165, 1.54) is 88.0 Å². The fourth-order valence-electron chi connectivity index (χ4n) is 9.93. The van der Waals surface area contributed by atoms with Gasteiger partial charge in [0, 0.05) is 27.9 Å². The van der Waals surface area contributed by atoms with Crippen LogP contribution in [0.3, 0.4) is 0 Å². The molecule has 0 atom stereocenters. The maximum absolute atomic E-state index is 2.42. The molecule has 0 spiro atoms. The molecular formula is C54H41N. The van der Waals surface area contributed by atoms with Gasteiger partial charge in [0.15, 0.2) is 0 Å². The summed E-state index contributed by atoms with van der Waals surface area (Å²) in [5.74, 6) is 0. The van der Waals surface area contributed by atoms with E-state index in [4.69, 9.17) is 0 Å². The molecule has 0 aromatic heterocycles. The lowest BCUT2D eigenvalue weighted by Gasteiger charge is -2.35. The summed E-state index contributed by atoms with van der Waals surface area (Å²) in [6, 6.07) is 65.9. The van der Waals surface area contributed by atoms with E-state index >= 15 is 0 Å². The number of hydrogen-bond donors (Lipinski definition) is 0. The minimum atomic E-state index is -0.0914.